The lowest BCUT2D eigenvalue weighted by Gasteiger charge is -2.17. The molecule has 0 saturated carbocycles. The predicted octanol–water partition coefficient (Wildman–Crippen LogP) is 4.17. The van der Waals surface area contributed by atoms with Gasteiger partial charge in [0.1, 0.15) is 11.8 Å². The quantitative estimate of drug-likeness (QED) is 0.573. The van der Waals surface area contributed by atoms with Crippen molar-refractivity contribution in [3.05, 3.63) is 58.1 Å². The van der Waals surface area contributed by atoms with Crippen LogP contribution in [0.3, 0.4) is 0 Å². The Morgan fingerprint density at radius 3 is 2.31 bits per heavy atom. The van der Waals surface area contributed by atoms with Crippen molar-refractivity contribution >= 4 is 23.0 Å². The highest BCUT2D eigenvalue weighted by molar-refractivity contribution is 5.97. The van der Waals surface area contributed by atoms with Crippen LogP contribution in [0, 0.1) is 10.1 Å². The van der Waals surface area contributed by atoms with Gasteiger partial charge >= 0.3 is 0 Å². The summed E-state index contributed by atoms with van der Waals surface area (Å²) >= 11 is 0. The summed E-state index contributed by atoms with van der Waals surface area (Å²) in [6.07, 6.45) is 0. The largest absolute Gasteiger partial charge is 0.495 e. The standard InChI is InChI=1S/C19H23N3O4/c1-12(2)14-5-7-15(8-6-14)20-13(3)19(23)21-17-11-16(22(24)25)9-10-18(17)26-4/h5-13,20H,1-4H3,(H,21,23). The van der Waals surface area contributed by atoms with Crippen LogP contribution in [0.5, 0.6) is 5.75 Å². The van der Waals surface area contributed by atoms with Crippen LogP contribution in [0.2, 0.25) is 0 Å². The highest BCUT2D eigenvalue weighted by Crippen LogP contribution is 2.29. The third kappa shape index (κ3) is 4.72. The molecule has 1 unspecified atom stereocenters. The molecule has 7 nitrogen and oxygen atoms in total. The molecule has 0 aliphatic heterocycles. The van der Waals surface area contributed by atoms with Crippen molar-refractivity contribution in [1.82, 2.24) is 0 Å². The van der Waals surface area contributed by atoms with E-state index in [1.165, 1.54) is 30.9 Å². The molecule has 1 amide bonds. The van der Waals surface area contributed by atoms with Crippen LogP contribution in [-0.4, -0.2) is 24.0 Å². The van der Waals surface area contributed by atoms with Gasteiger partial charge in [-0.2, -0.15) is 0 Å². The molecule has 26 heavy (non-hydrogen) atoms. The minimum absolute atomic E-state index is 0.119. The number of anilines is 2. The summed E-state index contributed by atoms with van der Waals surface area (Å²) in [5, 5.41) is 16.7. The van der Waals surface area contributed by atoms with Gasteiger partial charge in [0, 0.05) is 17.8 Å². The minimum atomic E-state index is -0.538. The van der Waals surface area contributed by atoms with E-state index >= 15 is 0 Å². The number of nitro groups is 1. The number of hydrogen-bond acceptors (Lipinski definition) is 5. The number of non-ortho nitro benzene ring substituents is 1. The molecule has 1 atom stereocenters. The second kappa shape index (κ2) is 8.33. The molecule has 138 valence electrons. The number of carbonyl (C=O) groups excluding carboxylic acids is 1. The summed E-state index contributed by atoms with van der Waals surface area (Å²) in [7, 11) is 1.44. The Balaban J connectivity index is 2.09. The molecule has 0 bridgehead atoms. The van der Waals surface area contributed by atoms with Crippen molar-refractivity contribution in [1.29, 1.82) is 0 Å². The smallest absolute Gasteiger partial charge is 0.271 e. The number of amides is 1. The Kier molecular flexibility index (Phi) is 6.16. The molecule has 0 radical (unpaired) electrons. The molecule has 7 heteroatoms. The van der Waals surface area contributed by atoms with Gasteiger partial charge in [-0.05, 0) is 36.6 Å². The van der Waals surface area contributed by atoms with Gasteiger partial charge in [0.15, 0.2) is 0 Å². The molecule has 2 aromatic carbocycles. The zero-order valence-electron chi connectivity index (χ0n) is 15.3. The topological polar surface area (TPSA) is 93.5 Å². The van der Waals surface area contributed by atoms with Crippen LogP contribution in [0.1, 0.15) is 32.3 Å². The van der Waals surface area contributed by atoms with E-state index in [1.54, 1.807) is 6.92 Å². The lowest BCUT2D eigenvalue weighted by molar-refractivity contribution is -0.384. The van der Waals surface area contributed by atoms with Crippen molar-refractivity contribution in [3.63, 3.8) is 0 Å². The second-order valence-corrected chi connectivity index (χ2v) is 6.27. The number of carbonyl (C=O) groups is 1. The summed E-state index contributed by atoms with van der Waals surface area (Å²) in [6, 6.07) is 11.4. The normalized spacial score (nSPS) is 11.7. The van der Waals surface area contributed by atoms with E-state index in [-0.39, 0.29) is 17.3 Å². The molecule has 2 aromatic rings. The molecular formula is C19H23N3O4. The summed E-state index contributed by atoms with van der Waals surface area (Å²) in [5.74, 6) is 0.472. The molecule has 2 rings (SSSR count). The SMILES string of the molecule is COc1ccc([N+](=O)[O-])cc1NC(=O)C(C)Nc1ccc(C(C)C)cc1. The number of hydrogen-bond donors (Lipinski definition) is 2. The van der Waals surface area contributed by atoms with Crippen LogP contribution >= 0.6 is 0 Å². The third-order valence-electron chi connectivity index (χ3n) is 4.01. The molecule has 0 aliphatic rings. The number of ether oxygens (including phenoxy) is 1. The molecule has 0 aromatic heterocycles. The maximum Gasteiger partial charge on any atom is 0.271 e. The van der Waals surface area contributed by atoms with Gasteiger partial charge in [-0.3, -0.25) is 14.9 Å². The average Bonchev–Trinajstić information content (AvgIpc) is 2.61. The van der Waals surface area contributed by atoms with E-state index < -0.39 is 11.0 Å². The fourth-order valence-corrected chi connectivity index (χ4v) is 2.43. The first-order chi connectivity index (χ1) is 12.3. The van der Waals surface area contributed by atoms with E-state index in [0.29, 0.717) is 11.7 Å². The first-order valence-electron chi connectivity index (χ1n) is 8.31. The van der Waals surface area contributed by atoms with Crippen molar-refractivity contribution in [2.24, 2.45) is 0 Å². The highest BCUT2D eigenvalue weighted by Gasteiger charge is 2.17. The van der Waals surface area contributed by atoms with Gasteiger partial charge in [-0.15, -0.1) is 0 Å². The fraction of sp³-hybridized carbons (Fsp3) is 0.316. The Bertz CT molecular complexity index is 788. The van der Waals surface area contributed by atoms with E-state index in [2.05, 4.69) is 24.5 Å². The van der Waals surface area contributed by atoms with Crippen molar-refractivity contribution in [3.8, 4) is 5.75 Å². The molecule has 0 aliphatic carbocycles. The summed E-state index contributed by atoms with van der Waals surface area (Å²) in [6.45, 7) is 5.95. The summed E-state index contributed by atoms with van der Waals surface area (Å²) < 4.78 is 5.16. The monoisotopic (exact) mass is 357 g/mol. The van der Waals surface area contributed by atoms with Crippen molar-refractivity contribution in [2.45, 2.75) is 32.7 Å². The lowest BCUT2D eigenvalue weighted by Crippen LogP contribution is -2.32. The molecule has 0 saturated heterocycles. The van der Waals surface area contributed by atoms with Gasteiger partial charge in [-0.25, -0.2) is 0 Å². The molecule has 0 fully saturated rings. The number of nitro benzene ring substituents is 1. The van der Waals surface area contributed by atoms with Crippen molar-refractivity contribution in [2.75, 3.05) is 17.7 Å². The molecule has 2 N–H and O–H groups in total. The predicted molar refractivity (Wildman–Crippen MR) is 102 cm³/mol. The van der Waals surface area contributed by atoms with Crippen LogP contribution in [0.15, 0.2) is 42.5 Å². The molecule has 0 spiro atoms. The van der Waals surface area contributed by atoms with E-state index in [4.69, 9.17) is 4.74 Å². The second-order valence-electron chi connectivity index (χ2n) is 6.27. The van der Waals surface area contributed by atoms with Gasteiger partial charge in [-0.1, -0.05) is 26.0 Å². The van der Waals surface area contributed by atoms with E-state index in [9.17, 15) is 14.9 Å². The van der Waals surface area contributed by atoms with E-state index in [1.807, 2.05) is 24.3 Å². The van der Waals surface area contributed by atoms with Crippen LogP contribution in [0.4, 0.5) is 17.1 Å². The minimum Gasteiger partial charge on any atom is -0.495 e. The Labute approximate surface area is 152 Å². The van der Waals surface area contributed by atoms with Crippen LogP contribution < -0.4 is 15.4 Å². The van der Waals surface area contributed by atoms with Gasteiger partial charge in [0.2, 0.25) is 5.91 Å². The zero-order chi connectivity index (χ0) is 19.3. The molecular weight excluding hydrogens is 334 g/mol. The lowest BCUT2D eigenvalue weighted by atomic mass is 10.0. The van der Waals surface area contributed by atoms with Crippen molar-refractivity contribution < 1.29 is 14.5 Å². The Morgan fingerprint density at radius 1 is 1.12 bits per heavy atom. The number of nitrogens with one attached hydrogen (secondary N) is 2. The fourth-order valence-electron chi connectivity index (χ4n) is 2.43. The summed E-state index contributed by atoms with van der Waals surface area (Å²) in [5.41, 5.74) is 2.18. The van der Waals surface area contributed by atoms with Crippen LogP contribution in [0.25, 0.3) is 0 Å². The number of methoxy groups -OCH3 is 1. The maximum atomic E-state index is 12.4. The van der Waals surface area contributed by atoms with E-state index in [0.717, 1.165) is 5.69 Å². The number of rotatable bonds is 7. The highest BCUT2D eigenvalue weighted by atomic mass is 16.6. The van der Waals surface area contributed by atoms with Gasteiger partial charge in [0.25, 0.3) is 5.69 Å². The Morgan fingerprint density at radius 2 is 1.77 bits per heavy atom. The number of nitrogens with zero attached hydrogens (tertiary/aromatic N) is 1. The average molecular weight is 357 g/mol. The third-order valence-corrected chi connectivity index (χ3v) is 4.01. The summed E-state index contributed by atoms with van der Waals surface area (Å²) in [4.78, 5) is 22.9. The zero-order valence-corrected chi connectivity index (χ0v) is 15.3. The Hall–Kier alpha value is -3.09. The first-order valence-corrected chi connectivity index (χ1v) is 8.31. The molecule has 0 heterocycles. The van der Waals surface area contributed by atoms with Gasteiger partial charge < -0.3 is 15.4 Å². The van der Waals surface area contributed by atoms with Gasteiger partial charge in [0.05, 0.1) is 17.7 Å². The number of benzene rings is 2. The van der Waals surface area contributed by atoms with Crippen LogP contribution in [-0.2, 0) is 4.79 Å². The maximum absolute atomic E-state index is 12.4. The first kappa shape index (κ1) is 19.2.